The zero-order valence-corrected chi connectivity index (χ0v) is 32.5. The molecule has 3 heterocycles. The van der Waals surface area contributed by atoms with Gasteiger partial charge in [0, 0.05) is 60.7 Å². The van der Waals surface area contributed by atoms with E-state index in [-0.39, 0.29) is 0 Å². The molecule has 1 aliphatic carbocycles. The molecule has 0 saturated carbocycles. The average Bonchev–Trinajstić information content (AvgIpc) is 3.97. The first-order valence-corrected chi connectivity index (χ1v) is 20.6. The maximum absolute atomic E-state index is 5.72. The molecule has 3 nitrogen and oxygen atoms in total. The fraction of sp³-hybridized carbons (Fsp3) is 0. The Hall–Kier alpha value is -8.01. The Morgan fingerprint density at radius 1 is 0.300 bits per heavy atom. The molecule has 0 N–H and O–H groups in total. The number of hydrogen-bond acceptors (Lipinski definition) is 1. The molecule has 0 amide bonds. The molecule has 0 saturated heterocycles. The highest BCUT2D eigenvalue weighted by atomic mass is 15.0. The van der Waals surface area contributed by atoms with Gasteiger partial charge in [0.2, 0.25) is 0 Å². The summed E-state index contributed by atoms with van der Waals surface area (Å²) in [5.41, 5.74) is 18.5. The Morgan fingerprint density at radius 3 is 1.37 bits per heavy atom. The van der Waals surface area contributed by atoms with Crippen LogP contribution in [0.1, 0.15) is 0 Å². The van der Waals surface area contributed by atoms with Gasteiger partial charge in [-0.2, -0.15) is 0 Å². The lowest BCUT2D eigenvalue weighted by Gasteiger charge is -2.20. The highest BCUT2D eigenvalue weighted by molar-refractivity contribution is 6.24. The van der Waals surface area contributed by atoms with E-state index >= 15 is 0 Å². The van der Waals surface area contributed by atoms with E-state index in [0.29, 0.717) is 0 Å². The van der Waals surface area contributed by atoms with E-state index in [1.165, 1.54) is 76.6 Å². The molecule has 0 atom stereocenters. The van der Waals surface area contributed by atoms with Crippen molar-refractivity contribution in [3.8, 4) is 67.3 Å². The maximum atomic E-state index is 5.72. The largest absolute Gasteiger partial charge is 0.307 e. The summed E-state index contributed by atoms with van der Waals surface area (Å²) in [6.07, 6.45) is 0. The van der Waals surface area contributed by atoms with Crippen LogP contribution in [0.15, 0.2) is 212 Å². The lowest BCUT2D eigenvalue weighted by Crippen LogP contribution is -2.00. The maximum Gasteiger partial charge on any atom is 0.0794 e. The van der Waals surface area contributed by atoms with Crippen LogP contribution in [0.5, 0.6) is 0 Å². The van der Waals surface area contributed by atoms with Gasteiger partial charge >= 0.3 is 0 Å². The molecular formula is C57H35N3. The number of hydrogen-bond donors (Lipinski definition) is 0. The smallest absolute Gasteiger partial charge is 0.0794 e. The van der Waals surface area contributed by atoms with Gasteiger partial charge in [-0.15, -0.1) is 0 Å². The summed E-state index contributed by atoms with van der Waals surface area (Å²) in [5, 5.41) is 7.49. The third-order valence-corrected chi connectivity index (χ3v) is 12.6. The summed E-state index contributed by atoms with van der Waals surface area (Å²) in [6, 6.07) is 77.1. The third kappa shape index (κ3) is 4.63. The summed E-state index contributed by atoms with van der Waals surface area (Å²) in [7, 11) is 0. The van der Waals surface area contributed by atoms with E-state index in [9.17, 15) is 0 Å². The fourth-order valence-electron chi connectivity index (χ4n) is 10.2. The van der Waals surface area contributed by atoms with Crippen LogP contribution in [0.3, 0.4) is 0 Å². The Labute approximate surface area is 346 Å². The minimum Gasteiger partial charge on any atom is -0.307 e. The van der Waals surface area contributed by atoms with Crippen molar-refractivity contribution in [2.24, 2.45) is 0 Å². The van der Waals surface area contributed by atoms with Gasteiger partial charge in [0.25, 0.3) is 0 Å². The van der Waals surface area contributed by atoms with Crippen molar-refractivity contribution in [3.05, 3.63) is 212 Å². The predicted molar refractivity (Wildman–Crippen MR) is 251 cm³/mol. The zero-order chi connectivity index (χ0) is 39.3. The molecule has 13 rings (SSSR count). The van der Waals surface area contributed by atoms with Crippen molar-refractivity contribution >= 4 is 54.4 Å². The molecule has 12 aromatic rings. The highest BCUT2D eigenvalue weighted by Gasteiger charge is 2.31. The molecule has 3 aromatic heterocycles. The van der Waals surface area contributed by atoms with Crippen LogP contribution in [0.2, 0.25) is 0 Å². The number of pyridine rings is 1. The molecule has 3 heteroatoms. The molecule has 278 valence electrons. The molecule has 0 unspecified atom stereocenters. The number of para-hydroxylation sites is 3. The Bertz CT molecular complexity index is 3670. The van der Waals surface area contributed by atoms with E-state index in [4.69, 9.17) is 4.98 Å². The number of fused-ring (bicyclic) bond motifs is 10. The van der Waals surface area contributed by atoms with E-state index in [0.717, 1.165) is 45.0 Å². The van der Waals surface area contributed by atoms with Gasteiger partial charge in [0.1, 0.15) is 0 Å². The van der Waals surface area contributed by atoms with E-state index < -0.39 is 0 Å². The van der Waals surface area contributed by atoms with Crippen molar-refractivity contribution in [1.29, 1.82) is 0 Å². The van der Waals surface area contributed by atoms with Gasteiger partial charge in [-0.3, -0.25) is 0 Å². The van der Waals surface area contributed by atoms with Crippen molar-refractivity contribution in [2.45, 2.75) is 0 Å². The summed E-state index contributed by atoms with van der Waals surface area (Å²) in [5.74, 6) is 0. The standard InChI is InChI=1S/C57H35N3/c1-4-16-37(17-5-1)51-52-46-26-14-20-36-21-15-27-47(50(36)46)53(52)55(38-18-6-2-7-19-38)58-54(51)39-30-32-41(33-31-39)60-49-29-13-11-25-43(49)45-35-34-44-42-24-10-12-28-48(42)59(56(44)57(45)60)40-22-8-3-9-23-40/h1-35H. The highest BCUT2D eigenvalue weighted by Crippen LogP contribution is 2.56. The molecule has 60 heavy (non-hydrogen) atoms. The van der Waals surface area contributed by atoms with E-state index in [1.807, 2.05) is 0 Å². The van der Waals surface area contributed by atoms with Gasteiger partial charge in [0.15, 0.2) is 0 Å². The van der Waals surface area contributed by atoms with Crippen LogP contribution in [0.4, 0.5) is 0 Å². The first-order valence-electron chi connectivity index (χ1n) is 20.6. The molecule has 0 spiro atoms. The van der Waals surface area contributed by atoms with E-state index in [1.54, 1.807) is 0 Å². The van der Waals surface area contributed by atoms with Crippen LogP contribution in [0.25, 0.3) is 122 Å². The third-order valence-electron chi connectivity index (χ3n) is 12.6. The molecule has 1 aliphatic rings. The molecule has 9 aromatic carbocycles. The Morgan fingerprint density at radius 2 is 0.767 bits per heavy atom. The molecule has 0 fully saturated rings. The van der Waals surface area contributed by atoms with Crippen molar-refractivity contribution < 1.29 is 0 Å². The summed E-state index contributed by atoms with van der Waals surface area (Å²) < 4.78 is 4.91. The Kier molecular flexibility index (Phi) is 7.01. The van der Waals surface area contributed by atoms with Gasteiger partial charge < -0.3 is 9.13 Å². The minimum atomic E-state index is 0.976. The van der Waals surface area contributed by atoms with Crippen LogP contribution in [-0.2, 0) is 0 Å². The van der Waals surface area contributed by atoms with Gasteiger partial charge in [-0.05, 0) is 63.9 Å². The van der Waals surface area contributed by atoms with Crippen LogP contribution >= 0.6 is 0 Å². The van der Waals surface area contributed by atoms with Gasteiger partial charge in [0.05, 0.1) is 33.5 Å². The van der Waals surface area contributed by atoms with Crippen molar-refractivity contribution in [2.75, 3.05) is 0 Å². The second kappa shape index (κ2) is 12.7. The molecule has 0 bridgehead atoms. The van der Waals surface area contributed by atoms with Crippen LogP contribution in [0, 0.1) is 0 Å². The first kappa shape index (κ1) is 33.0. The number of aromatic nitrogens is 3. The topological polar surface area (TPSA) is 22.8 Å². The quantitative estimate of drug-likeness (QED) is 0.171. The second-order valence-corrected chi connectivity index (χ2v) is 15.8. The van der Waals surface area contributed by atoms with Gasteiger partial charge in [-0.1, -0.05) is 176 Å². The SMILES string of the molecule is c1ccc(-c2nc(-c3ccc(-n4c5ccccc5c5ccc6c7ccccc7n(-c7ccccc7)c6c54)cc3)c(-c3ccccc3)c3c2-c2cccc4cccc-3c24)cc1. The van der Waals surface area contributed by atoms with E-state index in [2.05, 4.69) is 221 Å². The van der Waals surface area contributed by atoms with Crippen LogP contribution < -0.4 is 0 Å². The summed E-state index contributed by atoms with van der Waals surface area (Å²) in [6.45, 7) is 0. The first-order chi connectivity index (χ1) is 29.8. The second-order valence-electron chi connectivity index (χ2n) is 15.8. The molecule has 0 aliphatic heterocycles. The van der Waals surface area contributed by atoms with Crippen LogP contribution in [-0.4, -0.2) is 14.1 Å². The molecule has 0 radical (unpaired) electrons. The number of nitrogens with zero attached hydrogens (tertiary/aromatic N) is 3. The lowest BCUT2D eigenvalue weighted by molar-refractivity contribution is 1.15. The normalized spacial score (nSPS) is 12.0. The lowest BCUT2D eigenvalue weighted by atomic mass is 9.88. The number of rotatable bonds is 5. The van der Waals surface area contributed by atoms with Crippen molar-refractivity contribution in [1.82, 2.24) is 14.1 Å². The molecular weight excluding hydrogens is 727 g/mol. The van der Waals surface area contributed by atoms with Crippen molar-refractivity contribution in [3.63, 3.8) is 0 Å². The zero-order valence-electron chi connectivity index (χ0n) is 32.5. The predicted octanol–water partition coefficient (Wildman–Crippen LogP) is 15.1. The monoisotopic (exact) mass is 761 g/mol. The summed E-state index contributed by atoms with van der Waals surface area (Å²) >= 11 is 0. The Balaban J connectivity index is 1.10. The minimum absolute atomic E-state index is 0.976. The average molecular weight is 762 g/mol. The number of benzene rings is 9. The fourth-order valence-corrected chi connectivity index (χ4v) is 10.2. The summed E-state index contributed by atoms with van der Waals surface area (Å²) in [4.78, 5) is 5.72. The van der Waals surface area contributed by atoms with Gasteiger partial charge in [-0.25, -0.2) is 4.98 Å².